The summed E-state index contributed by atoms with van der Waals surface area (Å²) in [4.78, 5) is 47.7. The predicted octanol–water partition coefficient (Wildman–Crippen LogP) is 4.28. The molecular formula is C26H25N3O7. The van der Waals surface area contributed by atoms with Crippen molar-refractivity contribution in [2.75, 3.05) is 24.4 Å². The molecule has 3 aromatic carbocycles. The molecule has 0 saturated carbocycles. The number of carbonyl (C=O) groups is 3. The lowest BCUT2D eigenvalue weighted by Gasteiger charge is -2.11. The molecule has 0 aliphatic carbocycles. The van der Waals surface area contributed by atoms with Crippen LogP contribution in [0.25, 0.3) is 0 Å². The third kappa shape index (κ3) is 7.13. The van der Waals surface area contributed by atoms with Crippen molar-refractivity contribution in [1.82, 2.24) is 0 Å². The molecule has 0 saturated heterocycles. The highest BCUT2D eigenvalue weighted by atomic mass is 16.6. The van der Waals surface area contributed by atoms with Crippen LogP contribution in [0.4, 0.5) is 17.1 Å². The average molecular weight is 492 g/mol. The first-order valence-corrected chi connectivity index (χ1v) is 11.0. The maximum atomic E-state index is 12.6. The third-order valence-corrected chi connectivity index (χ3v) is 5.24. The molecule has 0 aliphatic heterocycles. The monoisotopic (exact) mass is 491 g/mol. The molecule has 0 heterocycles. The predicted molar refractivity (Wildman–Crippen MR) is 133 cm³/mol. The lowest BCUT2D eigenvalue weighted by molar-refractivity contribution is -0.385. The van der Waals surface area contributed by atoms with Crippen molar-refractivity contribution in [2.24, 2.45) is 0 Å². The van der Waals surface area contributed by atoms with Gasteiger partial charge in [-0.15, -0.1) is 0 Å². The zero-order valence-corrected chi connectivity index (χ0v) is 19.8. The van der Waals surface area contributed by atoms with Crippen LogP contribution in [0.3, 0.4) is 0 Å². The van der Waals surface area contributed by atoms with Crippen LogP contribution < -0.4 is 15.4 Å². The van der Waals surface area contributed by atoms with Crippen LogP contribution in [-0.4, -0.2) is 36.4 Å². The van der Waals surface area contributed by atoms with Crippen molar-refractivity contribution in [2.45, 2.75) is 19.8 Å². The molecule has 0 bridgehead atoms. The Labute approximate surface area is 207 Å². The summed E-state index contributed by atoms with van der Waals surface area (Å²) in [5.74, 6) is -1.03. The van der Waals surface area contributed by atoms with Gasteiger partial charge in [0.25, 0.3) is 11.6 Å². The zero-order chi connectivity index (χ0) is 26.1. The SMILES string of the molecule is COc1ccc(CCC(=O)Nc2ccccc2C(=O)OCC(=O)Nc2ccc(C)c([N+](=O)[O-])c2)cc1. The van der Waals surface area contributed by atoms with Crippen molar-refractivity contribution < 1.29 is 28.8 Å². The lowest BCUT2D eigenvalue weighted by atomic mass is 10.1. The van der Waals surface area contributed by atoms with Crippen LogP contribution in [0.1, 0.15) is 27.9 Å². The first-order valence-electron chi connectivity index (χ1n) is 11.0. The van der Waals surface area contributed by atoms with E-state index in [0.717, 1.165) is 11.3 Å². The molecule has 3 aromatic rings. The van der Waals surface area contributed by atoms with Crippen molar-refractivity contribution >= 4 is 34.8 Å². The van der Waals surface area contributed by atoms with Gasteiger partial charge >= 0.3 is 5.97 Å². The molecule has 10 heteroatoms. The van der Waals surface area contributed by atoms with Crippen molar-refractivity contribution in [3.63, 3.8) is 0 Å². The summed E-state index contributed by atoms with van der Waals surface area (Å²) in [6.45, 7) is 0.973. The molecule has 0 atom stereocenters. The maximum absolute atomic E-state index is 12.6. The molecule has 0 aliphatic rings. The first kappa shape index (κ1) is 25.9. The molecular weight excluding hydrogens is 466 g/mol. The lowest BCUT2D eigenvalue weighted by Crippen LogP contribution is -2.22. The number of amides is 2. The molecule has 36 heavy (non-hydrogen) atoms. The van der Waals surface area contributed by atoms with E-state index >= 15 is 0 Å². The van der Waals surface area contributed by atoms with Gasteiger partial charge in [0.15, 0.2) is 6.61 Å². The second-order valence-corrected chi connectivity index (χ2v) is 7.82. The van der Waals surface area contributed by atoms with E-state index in [-0.39, 0.29) is 35.0 Å². The zero-order valence-electron chi connectivity index (χ0n) is 19.8. The fourth-order valence-electron chi connectivity index (χ4n) is 3.32. The van der Waals surface area contributed by atoms with Gasteiger partial charge in [-0.1, -0.05) is 30.3 Å². The van der Waals surface area contributed by atoms with Gasteiger partial charge in [0.2, 0.25) is 5.91 Å². The van der Waals surface area contributed by atoms with Crippen LogP contribution in [0.2, 0.25) is 0 Å². The van der Waals surface area contributed by atoms with Crippen LogP contribution in [0.5, 0.6) is 5.75 Å². The highest BCUT2D eigenvalue weighted by Crippen LogP contribution is 2.22. The Bertz CT molecular complexity index is 1270. The fourth-order valence-corrected chi connectivity index (χ4v) is 3.32. The summed E-state index contributed by atoms with van der Waals surface area (Å²) in [5, 5.41) is 16.2. The quantitative estimate of drug-likeness (QED) is 0.245. The smallest absolute Gasteiger partial charge is 0.340 e. The number of methoxy groups -OCH3 is 1. The number of rotatable bonds is 10. The van der Waals surface area contributed by atoms with Gasteiger partial charge in [0.05, 0.1) is 23.3 Å². The van der Waals surface area contributed by atoms with E-state index in [4.69, 9.17) is 9.47 Å². The number of hydrogen-bond donors (Lipinski definition) is 2. The molecule has 2 N–H and O–H groups in total. The first-order chi connectivity index (χ1) is 17.3. The van der Waals surface area contributed by atoms with Gasteiger partial charge in [-0.25, -0.2) is 4.79 Å². The van der Waals surface area contributed by atoms with Crippen molar-refractivity contribution in [3.8, 4) is 5.75 Å². The van der Waals surface area contributed by atoms with Crippen LogP contribution >= 0.6 is 0 Å². The molecule has 0 fully saturated rings. The number of aryl methyl sites for hydroxylation is 2. The number of nitro benzene ring substituents is 1. The molecule has 3 rings (SSSR count). The van der Waals surface area contributed by atoms with Crippen molar-refractivity contribution in [3.05, 3.63) is 93.5 Å². The van der Waals surface area contributed by atoms with Gasteiger partial charge in [0, 0.05) is 23.7 Å². The maximum Gasteiger partial charge on any atom is 0.340 e. The van der Waals surface area contributed by atoms with Crippen molar-refractivity contribution in [1.29, 1.82) is 0 Å². The van der Waals surface area contributed by atoms with Gasteiger partial charge in [0.1, 0.15) is 5.75 Å². The number of benzene rings is 3. The minimum atomic E-state index is -0.800. The number of para-hydroxylation sites is 1. The number of hydrogen-bond acceptors (Lipinski definition) is 7. The standard InChI is InChI=1S/C26H25N3O7/c1-17-7-11-19(15-23(17)29(33)34)27-25(31)16-36-26(32)21-5-3-4-6-22(21)28-24(30)14-10-18-8-12-20(35-2)13-9-18/h3-9,11-13,15H,10,14,16H2,1-2H3,(H,27,31)(H,28,30). The Balaban J connectivity index is 1.55. The van der Waals surface area contributed by atoms with E-state index in [1.54, 1.807) is 32.2 Å². The van der Waals surface area contributed by atoms with Gasteiger partial charge < -0.3 is 20.1 Å². The highest BCUT2D eigenvalue weighted by Gasteiger charge is 2.17. The second-order valence-electron chi connectivity index (χ2n) is 7.82. The Kier molecular flexibility index (Phi) is 8.71. The Morgan fingerprint density at radius 2 is 1.67 bits per heavy atom. The number of nitro groups is 1. The third-order valence-electron chi connectivity index (χ3n) is 5.24. The molecule has 0 spiro atoms. The molecule has 0 unspecified atom stereocenters. The second kappa shape index (κ2) is 12.1. The number of carbonyl (C=O) groups excluding carboxylic acids is 3. The highest BCUT2D eigenvalue weighted by molar-refractivity contribution is 6.02. The molecule has 2 amide bonds. The minimum Gasteiger partial charge on any atom is -0.497 e. The fraction of sp³-hybridized carbons (Fsp3) is 0.192. The summed E-state index contributed by atoms with van der Waals surface area (Å²) in [7, 11) is 1.58. The molecule has 0 radical (unpaired) electrons. The summed E-state index contributed by atoms with van der Waals surface area (Å²) < 4.78 is 10.2. The number of nitrogens with one attached hydrogen (secondary N) is 2. The largest absolute Gasteiger partial charge is 0.497 e. The van der Waals surface area contributed by atoms with E-state index in [9.17, 15) is 24.5 Å². The van der Waals surface area contributed by atoms with Crippen LogP contribution in [0.15, 0.2) is 66.7 Å². The number of esters is 1. The summed E-state index contributed by atoms with van der Waals surface area (Å²) >= 11 is 0. The van der Waals surface area contributed by atoms with Gasteiger partial charge in [-0.3, -0.25) is 19.7 Å². The van der Waals surface area contributed by atoms with E-state index in [2.05, 4.69) is 10.6 Å². The molecule has 10 nitrogen and oxygen atoms in total. The van der Waals surface area contributed by atoms with Crippen LogP contribution in [-0.2, 0) is 20.7 Å². The van der Waals surface area contributed by atoms with E-state index < -0.39 is 23.4 Å². The Hall–Kier alpha value is -4.73. The van der Waals surface area contributed by atoms with Crippen LogP contribution in [0, 0.1) is 17.0 Å². The van der Waals surface area contributed by atoms with E-state index in [0.29, 0.717) is 12.0 Å². The summed E-state index contributed by atoms with van der Waals surface area (Å²) in [6.07, 6.45) is 0.695. The molecule has 186 valence electrons. The average Bonchev–Trinajstić information content (AvgIpc) is 2.87. The van der Waals surface area contributed by atoms with Gasteiger partial charge in [-0.2, -0.15) is 0 Å². The Morgan fingerprint density at radius 1 is 0.944 bits per heavy atom. The minimum absolute atomic E-state index is 0.0917. The number of nitrogens with zero attached hydrogens (tertiary/aromatic N) is 1. The number of anilines is 2. The Morgan fingerprint density at radius 3 is 2.36 bits per heavy atom. The summed E-state index contributed by atoms with van der Waals surface area (Å²) in [5.41, 5.74) is 1.83. The molecule has 0 aromatic heterocycles. The van der Waals surface area contributed by atoms with Gasteiger partial charge in [-0.05, 0) is 49.2 Å². The normalized spacial score (nSPS) is 10.3. The number of ether oxygens (including phenoxy) is 2. The van der Waals surface area contributed by atoms with E-state index in [1.807, 2.05) is 24.3 Å². The topological polar surface area (TPSA) is 137 Å². The summed E-state index contributed by atoms with van der Waals surface area (Å²) in [6, 6.07) is 17.9. The van der Waals surface area contributed by atoms with E-state index in [1.165, 1.54) is 24.3 Å².